The van der Waals surface area contributed by atoms with Crippen LogP contribution in [0.25, 0.3) is 122 Å². The maximum absolute atomic E-state index is 5.51. The predicted molar refractivity (Wildman–Crippen MR) is 268 cm³/mol. The van der Waals surface area contributed by atoms with Crippen molar-refractivity contribution >= 4 is 43.1 Å². The first kappa shape index (κ1) is 37.2. The zero-order chi connectivity index (χ0) is 42.4. The molecular weight excluding hydrogens is 775 g/mol. The van der Waals surface area contributed by atoms with E-state index in [2.05, 4.69) is 224 Å². The molecule has 9 aromatic carbocycles. The summed E-state index contributed by atoms with van der Waals surface area (Å²) in [7, 11) is 0. The van der Waals surface area contributed by atoms with E-state index in [1.54, 1.807) is 0 Å². The molecule has 0 bridgehead atoms. The van der Waals surface area contributed by atoms with Crippen LogP contribution < -0.4 is 0 Å². The maximum Gasteiger partial charge on any atom is 0.0780 e. The van der Waals surface area contributed by atoms with Crippen molar-refractivity contribution < 1.29 is 0 Å². The van der Waals surface area contributed by atoms with Crippen LogP contribution in [0, 0.1) is 0 Å². The lowest BCUT2D eigenvalue weighted by molar-refractivity contribution is 1.32. The zero-order valence-corrected chi connectivity index (χ0v) is 34.9. The summed E-state index contributed by atoms with van der Waals surface area (Å²) < 4.78 is 0. The van der Waals surface area contributed by atoms with Crippen LogP contribution in [0.3, 0.4) is 0 Å². The molecule has 0 spiro atoms. The molecule has 12 rings (SSSR count). The highest BCUT2D eigenvalue weighted by Crippen LogP contribution is 2.40. The molecule has 0 aliphatic carbocycles. The van der Waals surface area contributed by atoms with Gasteiger partial charge in [-0.1, -0.05) is 170 Å². The third-order valence-corrected chi connectivity index (χ3v) is 12.5. The van der Waals surface area contributed by atoms with Gasteiger partial charge in [-0.3, -0.25) is 9.97 Å². The van der Waals surface area contributed by atoms with E-state index in [-0.39, 0.29) is 0 Å². The number of pyridine rings is 3. The number of nitrogens with zero attached hydrogens (tertiary/aromatic N) is 3. The van der Waals surface area contributed by atoms with Crippen molar-refractivity contribution in [1.82, 2.24) is 15.0 Å². The lowest BCUT2D eigenvalue weighted by atomic mass is 9.92. The highest BCUT2D eigenvalue weighted by Gasteiger charge is 2.17. The lowest BCUT2D eigenvalue weighted by Gasteiger charge is -2.16. The molecule has 3 nitrogen and oxygen atoms in total. The van der Waals surface area contributed by atoms with Gasteiger partial charge in [-0.25, -0.2) is 4.98 Å². The minimum Gasteiger partial charge on any atom is -0.256 e. The van der Waals surface area contributed by atoms with E-state index >= 15 is 0 Å². The van der Waals surface area contributed by atoms with Crippen LogP contribution in [-0.4, -0.2) is 15.0 Å². The second-order valence-electron chi connectivity index (χ2n) is 16.4. The van der Waals surface area contributed by atoms with E-state index in [0.717, 1.165) is 88.8 Å². The Morgan fingerprint density at radius 3 is 1.06 bits per heavy atom. The predicted octanol–water partition coefficient (Wildman–Crippen LogP) is 16.2. The molecule has 0 fully saturated rings. The summed E-state index contributed by atoms with van der Waals surface area (Å²) in [5.74, 6) is 0. The van der Waals surface area contributed by atoms with E-state index in [1.165, 1.54) is 32.7 Å². The standard InChI is InChI=1S/C61H39N3/c1-5-23-52-40(13-1)17-11-27-54(52)44-19-9-21-46(33-44)58-38-49(39-59(64-58)47-22-10-20-45(34-47)55-28-12-18-41-14-2-6-24-53(41)55)48-35-50(60-56-25-7-3-15-42(56)29-31-62-60)37-51(36-48)61-57-26-8-4-16-43(57)30-32-63-61/h1-39H. The van der Waals surface area contributed by atoms with Crippen molar-refractivity contribution in [3.63, 3.8) is 0 Å². The topological polar surface area (TPSA) is 38.7 Å². The number of rotatable bonds is 7. The molecule has 3 heteroatoms. The van der Waals surface area contributed by atoms with Crippen LogP contribution in [0.5, 0.6) is 0 Å². The van der Waals surface area contributed by atoms with Gasteiger partial charge >= 0.3 is 0 Å². The normalized spacial score (nSPS) is 11.4. The minimum absolute atomic E-state index is 0.892. The van der Waals surface area contributed by atoms with Crippen LogP contribution in [-0.2, 0) is 0 Å². The molecule has 298 valence electrons. The van der Waals surface area contributed by atoms with Gasteiger partial charge in [-0.15, -0.1) is 0 Å². The van der Waals surface area contributed by atoms with Crippen LogP contribution in [0.4, 0.5) is 0 Å². The van der Waals surface area contributed by atoms with E-state index in [1.807, 2.05) is 12.4 Å². The summed E-state index contributed by atoms with van der Waals surface area (Å²) in [6.07, 6.45) is 3.82. The van der Waals surface area contributed by atoms with Crippen LogP contribution in [0.15, 0.2) is 237 Å². The Morgan fingerprint density at radius 1 is 0.234 bits per heavy atom. The van der Waals surface area contributed by atoms with Gasteiger partial charge < -0.3 is 0 Å². The minimum atomic E-state index is 0.892. The third kappa shape index (κ3) is 6.77. The third-order valence-electron chi connectivity index (χ3n) is 12.5. The van der Waals surface area contributed by atoms with Gasteiger partial charge in [0.2, 0.25) is 0 Å². The zero-order valence-electron chi connectivity index (χ0n) is 34.9. The fraction of sp³-hybridized carbons (Fsp3) is 0. The SMILES string of the molecule is c1cc(-c2cc(-c3cc(-c4nccc5ccccc45)cc(-c4nccc5ccccc45)c3)cc(-c3cccc(-c4cccc5ccccc45)c3)n2)cc(-c2cccc3ccccc23)c1. The highest BCUT2D eigenvalue weighted by atomic mass is 14.7. The molecule has 64 heavy (non-hydrogen) atoms. The second-order valence-corrected chi connectivity index (χ2v) is 16.4. The van der Waals surface area contributed by atoms with Crippen molar-refractivity contribution in [1.29, 1.82) is 0 Å². The summed E-state index contributed by atoms with van der Waals surface area (Å²) in [4.78, 5) is 15.6. The molecule has 0 saturated heterocycles. The Kier molecular flexibility index (Phi) is 9.16. The first-order valence-corrected chi connectivity index (χ1v) is 21.7. The van der Waals surface area contributed by atoms with E-state index in [4.69, 9.17) is 15.0 Å². The van der Waals surface area contributed by atoms with Gasteiger partial charge in [-0.05, 0) is 120 Å². The fourth-order valence-electron chi connectivity index (χ4n) is 9.41. The number of aromatic nitrogens is 3. The van der Waals surface area contributed by atoms with Gasteiger partial charge in [0.15, 0.2) is 0 Å². The van der Waals surface area contributed by atoms with Gasteiger partial charge in [0, 0.05) is 45.4 Å². The van der Waals surface area contributed by atoms with Crippen molar-refractivity contribution in [3.05, 3.63) is 237 Å². The Hall–Kier alpha value is -8.53. The van der Waals surface area contributed by atoms with E-state index in [9.17, 15) is 0 Å². The monoisotopic (exact) mass is 813 g/mol. The number of fused-ring (bicyclic) bond motifs is 4. The summed E-state index contributed by atoms with van der Waals surface area (Å²) >= 11 is 0. The smallest absolute Gasteiger partial charge is 0.0780 e. The quantitative estimate of drug-likeness (QED) is 0.161. The Morgan fingerprint density at radius 2 is 0.578 bits per heavy atom. The fourth-order valence-corrected chi connectivity index (χ4v) is 9.41. The maximum atomic E-state index is 5.51. The molecule has 0 unspecified atom stereocenters. The average Bonchev–Trinajstić information content (AvgIpc) is 3.37. The number of hydrogen-bond donors (Lipinski definition) is 0. The van der Waals surface area contributed by atoms with E-state index < -0.39 is 0 Å². The van der Waals surface area contributed by atoms with Crippen LogP contribution >= 0.6 is 0 Å². The summed E-state index contributed by atoms with van der Waals surface area (Å²) in [5.41, 5.74) is 14.6. The molecule has 0 amide bonds. The first-order chi connectivity index (χ1) is 31.7. The van der Waals surface area contributed by atoms with Gasteiger partial charge in [0.25, 0.3) is 0 Å². The summed E-state index contributed by atoms with van der Waals surface area (Å²) in [6, 6.07) is 80.3. The number of hydrogen-bond acceptors (Lipinski definition) is 3. The largest absolute Gasteiger partial charge is 0.256 e. The van der Waals surface area contributed by atoms with Gasteiger partial charge in [0.1, 0.15) is 0 Å². The first-order valence-electron chi connectivity index (χ1n) is 21.7. The van der Waals surface area contributed by atoms with Gasteiger partial charge in [0.05, 0.1) is 22.8 Å². The summed E-state index contributed by atoms with van der Waals surface area (Å²) in [5, 5.41) is 9.39. The average molecular weight is 814 g/mol. The highest BCUT2D eigenvalue weighted by molar-refractivity contribution is 6.01. The van der Waals surface area contributed by atoms with Crippen molar-refractivity contribution in [2.45, 2.75) is 0 Å². The van der Waals surface area contributed by atoms with Crippen LogP contribution in [0.1, 0.15) is 0 Å². The molecule has 0 N–H and O–H groups in total. The second kappa shape index (κ2) is 15.7. The molecular formula is C61H39N3. The number of benzene rings is 9. The Bertz CT molecular complexity index is 3490. The molecule has 0 aliphatic rings. The molecule has 0 atom stereocenters. The molecule has 3 heterocycles. The summed E-state index contributed by atoms with van der Waals surface area (Å²) in [6.45, 7) is 0. The molecule has 3 aromatic heterocycles. The molecule has 0 aliphatic heterocycles. The Labute approximate surface area is 371 Å². The van der Waals surface area contributed by atoms with Gasteiger partial charge in [-0.2, -0.15) is 0 Å². The lowest BCUT2D eigenvalue weighted by Crippen LogP contribution is -1.94. The van der Waals surface area contributed by atoms with Crippen molar-refractivity contribution in [3.8, 4) is 78.4 Å². The van der Waals surface area contributed by atoms with E-state index in [0.29, 0.717) is 0 Å². The van der Waals surface area contributed by atoms with Crippen LogP contribution in [0.2, 0.25) is 0 Å². The molecule has 0 saturated carbocycles. The Balaban J connectivity index is 1.09. The molecule has 0 radical (unpaired) electrons. The van der Waals surface area contributed by atoms with Crippen molar-refractivity contribution in [2.75, 3.05) is 0 Å². The molecule has 12 aromatic rings. The van der Waals surface area contributed by atoms with Crippen molar-refractivity contribution in [2.24, 2.45) is 0 Å².